The Kier molecular flexibility index (Phi) is 8.07. The van der Waals surface area contributed by atoms with Crippen LogP contribution in [0.5, 0.6) is 0 Å². The molecule has 0 amide bonds. The van der Waals surface area contributed by atoms with Crippen molar-refractivity contribution in [3.05, 3.63) is 200 Å². The molecule has 0 aliphatic carbocycles. The van der Waals surface area contributed by atoms with Gasteiger partial charge in [-0.05, 0) is 51.6 Å². The normalized spacial score (nSPS) is 11.4. The van der Waals surface area contributed by atoms with E-state index in [4.69, 9.17) is 24.9 Å². The molecule has 11 aromatic rings. The number of rotatable bonds is 6. The van der Waals surface area contributed by atoms with E-state index in [2.05, 4.69) is 127 Å². The summed E-state index contributed by atoms with van der Waals surface area (Å²) < 4.78 is 0. The Morgan fingerprint density at radius 2 is 0.741 bits per heavy atom. The molecular formula is C53H33N5. The Morgan fingerprint density at radius 1 is 0.276 bits per heavy atom. The fourth-order valence-corrected chi connectivity index (χ4v) is 7.94. The van der Waals surface area contributed by atoms with Gasteiger partial charge in [-0.25, -0.2) is 24.9 Å². The van der Waals surface area contributed by atoms with E-state index >= 15 is 0 Å². The zero-order chi connectivity index (χ0) is 38.4. The molecule has 58 heavy (non-hydrogen) atoms. The number of pyridine rings is 2. The van der Waals surface area contributed by atoms with Crippen molar-refractivity contribution < 1.29 is 0 Å². The first-order valence-electron chi connectivity index (χ1n) is 19.4. The Morgan fingerprint density at radius 3 is 1.38 bits per heavy atom. The molecule has 3 heterocycles. The van der Waals surface area contributed by atoms with Crippen LogP contribution in [0.15, 0.2) is 200 Å². The highest BCUT2D eigenvalue weighted by atomic mass is 15.0. The van der Waals surface area contributed by atoms with Gasteiger partial charge in [-0.2, -0.15) is 0 Å². The standard InChI is InChI=1S/C53H33N5/c1-5-13-34(14-6-1)46-30-27-36-25-29-45-44-28-26-42(33-47(44)55-49(48(45)50(36)54-46)35-15-7-2-8-16-35)40-21-22-41-32-43(24-23-39(41)31-40)53-57-51(37-17-9-3-10-18-37)56-52(58-53)38-19-11-4-12-20-38/h1-33H. The number of aromatic nitrogens is 5. The Balaban J connectivity index is 1.01. The number of benzene rings is 8. The molecular weight excluding hydrogens is 707 g/mol. The summed E-state index contributed by atoms with van der Waals surface area (Å²) in [5.74, 6) is 1.93. The van der Waals surface area contributed by atoms with Crippen molar-refractivity contribution in [3.63, 3.8) is 0 Å². The van der Waals surface area contributed by atoms with Gasteiger partial charge in [-0.15, -0.1) is 0 Å². The van der Waals surface area contributed by atoms with Crippen molar-refractivity contribution in [3.8, 4) is 67.8 Å². The first-order valence-corrected chi connectivity index (χ1v) is 19.4. The molecule has 0 spiro atoms. The quantitative estimate of drug-likeness (QED) is 0.159. The van der Waals surface area contributed by atoms with Crippen LogP contribution in [0.1, 0.15) is 0 Å². The molecule has 0 bridgehead atoms. The molecule has 0 saturated carbocycles. The molecule has 5 heteroatoms. The van der Waals surface area contributed by atoms with Crippen LogP contribution in [0.3, 0.4) is 0 Å². The smallest absolute Gasteiger partial charge is 0.164 e. The highest BCUT2D eigenvalue weighted by Crippen LogP contribution is 2.39. The van der Waals surface area contributed by atoms with E-state index in [1.807, 2.05) is 72.8 Å². The molecule has 0 N–H and O–H groups in total. The average molecular weight is 740 g/mol. The van der Waals surface area contributed by atoms with Crippen LogP contribution in [0.2, 0.25) is 0 Å². The summed E-state index contributed by atoms with van der Waals surface area (Å²) >= 11 is 0. The van der Waals surface area contributed by atoms with Gasteiger partial charge in [-0.3, -0.25) is 0 Å². The number of nitrogens with zero attached hydrogens (tertiary/aromatic N) is 5. The second-order valence-electron chi connectivity index (χ2n) is 14.5. The van der Waals surface area contributed by atoms with E-state index in [9.17, 15) is 0 Å². The number of hydrogen-bond donors (Lipinski definition) is 0. The van der Waals surface area contributed by atoms with Crippen LogP contribution in [-0.4, -0.2) is 24.9 Å². The SMILES string of the molecule is c1ccc(-c2ccc3ccc4c5ccc(-c6ccc7cc(-c8nc(-c9ccccc9)nc(-c9ccccc9)n8)ccc7c6)cc5nc(-c5ccccc5)c4c3n2)cc1. The third kappa shape index (κ3) is 6.03. The second kappa shape index (κ2) is 14.0. The lowest BCUT2D eigenvalue weighted by atomic mass is 9.94. The highest BCUT2D eigenvalue weighted by molar-refractivity contribution is 6.20. The van der Waals surface area contributed by atoms with Gasteiger partial charge in [-0.1, -0.05) is 176 Å². The molecule has 0 radical (unpaired) electrons. The molecule has 5 nitrogen and oxygen atoms in total. The predicted octanol–water partition coefficient (Wildman–Crippen LogP) is 13.3. The minimum absolute atomic E-state index is 0.639. The Bertz CT molecular complexity index is 3260. The summed E-state index contributed by atoms with van der Waals surface area (Å²) in [5, 5.41) is 6.62. The van der Waals surface area contributed by atoms with Crippen LogP contribution in [0.25, 0.3) is 111 Å². The summed E-state index contributed by atoms with van der Waals surface area (Å²) in [4.78, 5) is 25.5. The zero-order valence-corrected chi connectivity index (χ0v) is 31.3. The van der Waals surface area contributed by atoms with E-state index in [1.165, 1.54) is 0 Å². The molecule has 0 fully saturated rings. The highest BCUT2D eigenvalue weighted by Gasteiger charge is 2.17. The second-order valence-corrected chi connectivity index (χ2v) is 14.5. The third-order valence-electron chi connectivity index (χ3n) is 10.9. The van der Waals surface area contributed by atoms with Crippen molar-refractivity contribution >= 4 is 43.4 Å². The zero-order valence-electron chi connectivity index (χ0n) is 31.3. The van der Waals surface area contributed by atoms with Gasteiger partial charge >= 0.3 is 0 Å². The lowest BCUT2D eigenvalue weighted by molar-refractivity contribution is 1.07. The molecule has 0 saturated heterocycles. The lowest BCUT2D eigenvalue weighted by Crippen LogP contribution is -2.00. The summed E-state index contributed by atoms with van der Waals surface area (Å²) in [5.41, 5.74) is 11.0. The number of hydrogen-bond acceptors (Lipinski definition) is 5. The van der Waals surface area contributed by atoms with Crippen LogP contribution in [-0.2, 0) is 0 Å². The van der Waals surface area contributed by atoms with Crippen molar-refractivity contribution in [1.82, 2.24) is 24.9 Å². The largest absolute Gasteiger partial charge is 0.247 e. The Hall–Kier alpha value is -7.89. The van der Waals surface area contributed by atoms with Gasteiger partial charge in [0.15, 0.2) is 17.5 Å². The first kappa shape index (κ1) is 33.4. The van der Waals surface area contributed by atoms with Gasteiger partial charge in [0.2, 0.25) is 0 Å². The monoisotopic (exact) mass is 739 g/mol. The summed E-state index contributed by atoms with van der Waals surface area (Å²) in [6, 6.07) is 69.3. The molecule has 11 rings (SSSR count). The molecule has 0 aliphatic heterocycles. The fourth-order valence-electron chi connectivity index (χ4n) is 7.94. The number of fused-ring (bicyclic) bond motifs is 6. The van der Waals surface area contributed by atoms with E-state index in [1.54, 1.807) is 0 Å². The minimum Gasteiger partial charge on any atom is -0.247 e. The van der Waals surface area contributed by atoms with Crippen LogP contribution >= 0.6 is 0 Å². The Labute approximate surface area is 335 Å². The van der Waals surface area contributed by atoms with Crippen molar-refractivity contribution in [2.45, 2.75) is 0 Å². The summed E-state index contributed by atoms with van der Waals surface area (Å²) in [6.45, 7) is 0. The molecule has 0 aliphatic rings. The van der Waals surface area contributed by atoms with Gasteiger partial charge < -0.3 is 0 Å². The molecule has 270 valence electrons. The van der Waals surface area contributed by atoms with Gasteiger partial charge in [0.25, 0.3) is 0 Å². The van der Waals surface area contributed by atoms with E-state index in [-0.39, 0.29) is 0 Å². The maximum Gasteiger partial charge on any atom is 0.164 e. The maximum absolute atomic E-state index is 5.42. The van der Waals surface area contributed by atoms with Gasteiger partial charge in [0.05, 0.1) is 22.4 Å². The van der Waals surface area contributed by atoms with Crippen molar-refractivity contribution in [2.24, 2.45) is 0 Å². The van der Waals surface area contributed by atoms with E-state index < -0.39 is 0 Å². The van der Waals surface area contributed by atoms with Crippen molar-refractivity contribution in [2.75, 3.05) is 0 Å². The predicted molar refractivity (Wildman–Crippen MR) is 238 cm³/mol. The minimum atomic E-state index is 0.639. The summed E-state index contributed by atoms with van der Waals surface area (Å²) in [7, 11) is 0. The van der Waals surface area contributed by atoms with E-state index in [0.717, 1.165) is 93.7 Å². The molecule has 8 aromatic carbocycles. The summed E-state index contributed by atoms with van der Waals surface area (Å²) in [6.07, 6.45) is 0. The maximum atomic E-state index is 5.42. The van der Waals surface area contributed by atoms with Gasteiger partial charge in [0, 0.05) is 44.0 Å². The van der Waals surface area contributed by atoms with Crippen LogP contribution in [0.4, 0.5) is 0 Å². The molecule has 0 atom stereocenters. The first-order chi connectivity index (χ1) is 28.7. The average Bonchev–Trinajstić information content (AvgIpc) is 3.31. The molecule has 3 aromatic heterocycles. The van der Waals surface area contributed by atoms with Crippen molar-refractivity contribution in [1.29, 1.82) is 0 Å². The van der Waals surface area contributed by atoms with Crippen LogP contribution < -0.4 is 0 Å². The van der Waals surface area contributed by atoms with E-state index in [0.29, 0.717) is 17.5 Å². The topological polar surface area (TPSA) is 64.5 Å². The van der Waals surface area contributed by atoms with Crippen LogP contribution in [0, 0.1) is 0 Å². The lowest BCUT2D eigenvalue weighted by Gasteiger charge is -2.14. The van der Waals surface area contributed by atoms with Gasteiger partial charge in [0.1, 0.15) is 0 Å². The fraction of sp³-hybridized carbons (Fsp3) is 0. The molecule has 0 unspecified atom stereocenters. The third-order valence-corrected chi connectivity index (χ3v) is 10.9.